The predicted octanol–water partition coefficient (Wildman–Crippen LogP) is 4.13. The molecule has 0 saturated heterocycles. The highest BCUT2D eigenvalue weighted by molar-refractivity contribution is 6.30. The first-order valence-electron chi connectivity index (χ1n) is 7.60. The quantitative estimate of drug-likeness (QED) is 0.421. The van der Waals surface area contributed by atoms with Crippen molar-refractivity contribution in [3.05, 3.63) is 64.6 Å². The van der Waals surface area contributed by atoms with Crippen molar-refractivity contribution in [3.8, 4) is 23.5 Å². The number of halogens is 2. The minimum absolute atomic E-state index is 0.206. The van der Waals surface area contributed by atoms with Crippen molar-refractivity contribution in [2.24, 2.45) is 10.7 Å². The Bertz CT molecular complexity index is 1120. The van der Waals surface area contributed by atoms with Gasteiger partial charge in [-0.15, -0.1) is 6.42 Å². The SMILES string of the molecule is C#C/C(N)=N\C(=O)c1cc(C)c2nccc(-c3ccc(Cl)cc3F)c2c1. The molecule has 0 spiro atoms. The third-order valence-electron chi connectivity index (χ3n) is 3.87. The molecule has 4 nitrogen and oxygen atoms in total. The van der Waals surface area contributed by atoms with Gasteiger partial charge < -0.3 is 5.73 Å². The van der Waals surface area contributed by atoms with Gasteiger partial charge in [0.15, 0.2) is 5.84 Å². The summed E-state index contributed by atoms with van der Waals surface area (Å²) in [4.78, 5) is 20.3. The van der Waals surface area contributed by atoms with Crippen molar-refractivity contribution in [1.29, 1.82) is 0 Å². The summed E-state index contributed by atoms with van der Waals surface area (Å²) in [5.41, 5.74) is 8.08. The second-order valence-corrected chi connectivity index (χ2v) is 6.05. The van der Waals surface area contributed by atoms with Gasteiger partial charge in [0.25, 0.3) is 5.91 Å². The van der Waals surface area contributed by atoms with E-state index < -0.39 is 11.7 Å². The molecule has 0 aliphatic rings. The van der Waals surface area contributed by atoms with Gasteiger partial charge in [0.1, 0.15) is 5.82 Å². The molecule has 0 unspecified atom stereocenters. The number of aryl methyl sites for hydroxylation is 1. The smallest absolute Gasteiger partial charge is 0.279 e. The number of aromatic nitrogens is 1. The molecule has 2 aromatic carbocycles. The van der Waals surface area contributed by atoms with E-state index in [0.29, 0.717) is 27.1 Å². The highest BCUT2D eigenvalue weighted by Gasteiger charge is 2.14. The minimum atomic E-state index is -0.572. The maximum absolute atomic E-state index is 14.4. The van der Waals surface area contributed by atoms with Crippen LogP contribution in [0.4, 0.5) is 4.39 Å². The topological polar surface area (TPSA) is 68.3 Å². The van der Waals surface area contributed by atoms with Gasteiger partial charge in [0.2, 0.25) is 0 Å². The summed E-state index contributed by atoms with van der Waals surface area (Å²) >= 11 is 5.84. The van der Waals surface area contributed by atoms with E-state index in [4.69, 9.17) is 23.8 Å². The summed E-state index contributed by atoms with van der Waals surface area (Å²) in [6, 6.07) is 9.36. The van der Waals surface area contributed by atoms with Crippen LogP contribution >= 0.6 is 11.6 Å². The second kappa shape index (κ2) is 6.95. The number of hydrogen-bond donors (Lipinski definition) is 1. The van der Waals surface area contributed by atoms with Gasteiger partial charge in [0, 0.05) is 27.7 Å². The average molecular weight is 366 g/mol. The number of hydrogen-bond acceptors (Lipinski definition) is 2. The Hall–Kier alpha value is -3.23. The first kappa shape index (κ1) is 17.6. The number of amidine groups is 1. The zero-order valence-electron chi connectivity index (χ0n) is 13.8. The van der Waals surface area contributed by atoms with E-state index in [1.807, 2.05) is 6.92 Å². The van der Waals surface area contributed by atoms with Crippen LogP contribution < -0.4 is 5.73 Å². The fourth-order valence-corrected chi connectivity index (χ4v) is 2.86. The van der Waals surface area contributed by atoms with Crippen LogP contribution in [0.2, 0.25) is 5.02 Å². The Kier molecular flexibility index (Phi) is 4.70. The number of pyridine rings is 1. The first-order valence-corrected chi connectivity index (χ1v) is 7.98. The minimum Gasteiger partial charge on any atom is -0.376 e. The molecule has 3 rings (SSSR count). The van der Waals surface area contributed by atoms with Crippen LogP contribution in [0.3, 0.4) is 0 Å². The average Bonchev–Trinajstić information content (AvgIpc) is 2.61. The van der Waals surface area contributed by atoms with E-state index in [2.05, 4.69) is 15.9 Å². The molecule has 26 heavy (non-hydrogen) atoms. The number of nitrogens with two attached hydrogens (primary N) is 1. The normalized spacial score (nSPS) is 11.4. The van der Waals surface area contributed by atoms with Crippen LogP contribution in [0.5, 0.6) is 0 Å². The Morgan fingerprint density at radius 3 is 2.73 bits per heavy atom. The number of aliphatic imine (C=N–C) groups is 1. The Labute approximate surface area is 154 Å². The van der Waals surface area contributed by atoms with Gasteiger partial charge in [0.05, 0.1) is 5.52 Å². The van der Waals surface area contributed by atoms with Crippen LogP contribution in [0, 0.1) is 25.1 Å². The van der Waals surface area contributed by atoms with E-state index in [-0.39, 0.29) is 11.4 Å². The molecule has 1 aromatic heterocycles. The second-order valence-electron chi connectivity index (χ2n) is 5.62. The van der Waals surface area contributed by atoms with E-state index in [9.17, 15) is 9.18 Å². The number of amides is 1. The molecule has 1 amide bonds. The molecular weight excluding hydrogens is 353 g/mol. The van der Waals surface area contributed by atoms with Crippen molar-refractivity contribution in [3.63, 3.8) is 0 Å². The maximum atomic E-state index is 14.4. The molecule has 0 aliphatic carbocycles. The molecule has 0 aliphatic heterocycles. The number of carbonyl (C=O) groups is 1. The standard InChI is InChI=1S/C20H13ClFN3O/c1-3-18(23)25-20(26)12-8-11(2)19-16(9-12)14(6-7-24-19)15-5-4-13(21)10-17(15)22/h1,4-10H,2H3,(H2,23,25,26). The van der Waals surface area contributed by atoms with E-state index in [0.717, 1.165) is 5.56 Å². The number of rotatable bonds is 2. The zero-order chi connectivity index (χ0) is 18.8. The third kappa shape index (κ3) is 3.28. The van der Waals surface area contributed by atoms with E-state index >= 15 is 0 Å². The highest BCUT2D eigenvalue weighted by atomic mass is 35.5. The van der Waals surface area contributed by atoms with Gasteiger partial charge >= 0.3 is 0 Å². The number of benzene rings is 2. The molecule has 0 fully saturated rings. The largest absolute Gasteiger partial charge is 0.376 e. The lowest BCUT2D eigenvalue weighted by Crippen LogP contribution is -2.11. The lowest BCUT2D eigenvalue weighted by atomic mass is 9.97. The van der Waals surface area contributed by atoms with Gasteiger partial charge in [-0.3, -0.25) is 9.78 Å². The number of nitrogens with zero attached hydrogens (tertiary/aromatic N) is 2. The van der Waals surface area contributed by atoms with Crippen molar-refractivity contribution < 1.29 is 9.18 Å². The van der Waals surface area contributed by atoms with E-state index in [1.165, 1.54) is 6.07 Å². The van der Waals surface area contributed by atoms with Gasteiger partial charge in [-0.05, 0) is 60.4 Å². The highest BCUT2D eigenvalue weighted by Crippen LogP contribution is 2.32. The molecule has 3 aromatic rings. The number of carbonyl (C=O) groups excluding carboxylic acids is 1. The summed E-state index contributed by atoms with van der Waals surface area (Å²) in [5.74, 6) is 0.858. The molecular formula is C20H13ClFN3O. The summed E-state index contributed by atoms with van der Waals surface area (Å²) in [5, 5.41) is 0.919. The number of fused-ring (bicyclic) bond motifs is 1. The molecule has 0 bridgehead atoms. The Balaban J connectivity index is 2.26. The van der Waals surface area contributed by atoms with Crippen molar-refractivity contribution in [2.75, 3.05) is 0 Å². The Morgan fingerprint density at radius 1 is 1.27 bits per heavy atom. The van der Waals surface area contributed by atoms with Gasteiger partial charge in [-0.2, -0.15) is 4.99 Å². The zero-order valence-corrected chi connectivity index (χ0v) is 14.5. The van der Waals surface area contributed by atoms with Crippen molar-refractivity contribution in [1.82, 2.24) is 4.98 Å². The maximum Gasteiger partial charge on any atom is 0.279 e. The van der Waals surface area contributed by atoms with Crippen LogP contribution in [0.15, 0.2) is 47.6 Å². The predicted molar refractivity (Wildman–Crippen MR) is 102 cm³/mol. The summed E-state index contributed by atoms with van der Waals surface area (Å²) < 4.78 is 14.4. The van der Waals surface area contributed by atoms with Crippen LogP contribution in [0.1, 0.15) is 15.9 Å². The lowest BCUT2D eigenvalue weighted by Gasteiger charge is -2.11. The third-order valence-corrected chi connectivity index (χ3v) is 4.11. The fraction of sp³-hybridized carbons (Fsp3) is 0.0500. The van der Waals surface area contributed by atoms with Crippen molar-refractivity contribution in [2.45, 2.75) is 6.92 Å². The fourth-order valence-electron chi connectivity index (χ4n) is 2.70. The molecule has 6 heteroatoms. The van der Waals surface area contributed by atoms with Crippen molar-refractivity contribution >= 4 is 34.2 Å². The summed E-state index contributed by atoms with van der Waals surface area (Å²) in [6.45, 7) is 1.81. The summed E-state index contributed by atoms with van der Waals surface area (Å²) in [7, 11) is 0. The molecule has 1 heterocycles. The molecule has 0 radical (unpaired) electrons. The molecule has 2 N–H and O–H groups in total. The van der Waals surface area contributed by atoms with Crippen LogP contribution in [-0.4, -0.2) is 16.7 Å². The number of terminal acetylenes is 1. The van der Waals surface area contributed by atoms with Gasteiger partial charge in [-0.25, -0.2) is 4.39 Å². The monoisotopic (exact) mass is 365 g/mol. The molecule has 0 atom stereocenters. The van der Waals surface area contributed by atoms with Crippen LogP contribution in [0.25, 0.3) is 22.0 Å². The first-order chi connectivity index (χ1) is 12.4. The Morgan fingerprint density at radius 2 is 2.04 bits per heavy atom. The molecule has 128 valence electrons. The summed E-state index contributed by atoms with van der Waals surface area (Å²) in [6.07, 6.45) is 6.72. The van der Waals surface area contributed by atoms with Crippen LogP contribution in [-0.2, 0) is 0 Å². The van der Waals surface area contributed by atoms with Gasteiger partial charge in [-0.1, -0.05) is 11.6 Å². The van der Waals surface area contributed by atoms with E-state index in [1.54, 1.807) is 36.5 Å². The molecule has 0 saturated carbocycles. The lowest BCUT2D eigenvalue weighted by molar-refractivity contribution is 0.100.